The summed E-state index contributed by atoms with van der Waals surface area (Å²) < 4.78 is 0.971. The zero-order chi connectivity index (χ0) is 21.7. The van der Waals surface area contributed by atoms with E-state index in [1.165, 1.54) is 0 Å². The molecule has 32 heavy (non-hydrogen) atoms. The van der Waals surface area contributed by atoms with Crippen molar-refractivity contribution < 1.29 is 16.0 Å². The van der Waals surface area contributed by atoms with Crippen LogP contribution in [0.3, 0.4) is 0 Å². The van der Waals surface area contributed by atoms with Crippen molar-refractivity contribution in [3.05, 3.63) is 83.4 Å². The summed E-state index contributed by atoms with van der Waals surface area (Å²) in [7, 11) is 0. The van der Waals surface area contributed by atoms with Gasteiger partial charge in [-0.25, -0.2) is 0 Å². The zero-order valence-electron chi connectivity index (χ0n) is 16.9. The number of H-pyrrole nitrogens is 2. The molecule has 4 aromatic rings. The molecule has 0 saturated heterocycles. The van der Waals surface area contributed by atoms with Crippen molar-refractivity contribution in [1.82, 2.24) is 19.9 Å². The quantitative estimate of drug-likeness (QED) is 0.239. The summed E-state index contributed by atoms with van der Waals surface area (Å²) in [4.78, 5) is 16.5. The van der Waals surface area contributed by atoms with Crippen LogP contribution >= 0.6 is 0 Å². The Kier molecular flexibility index (Phi) is 4.35. The van der Waals surface area contributed by atoms with E-state index in [0.717, 1.165) is 66.1 Å². The van der Waals surface area contributed by atoms with Gasteiger partial charge in [0.2, 0.25) is 0 Å². The molecule has 0 spiro atoms. The van der Waals surface area contributed by atoms with Gasteiger partial charge >= 0.3 is 193 Å². The topological polar surface area (TPSA) is 83.4 Å². The van der Waals surface area contributed by atoms with E-state index >= 15 is 0 Å². The molecule has 0 amide bonds. The van der Waals surface area contributed by atoms with E-state index in [2.05, 4.69) is 32.0 Å². The Hall–Kier alpha value is -3.86. The van der Waals surface area contributed by atoms with Gasteiger partial charge in [-0.2, -0.15) is 0 Å². The van der Waals surface area contributed by atoms with Gasteiger partial charge in [-0.1, -0.05) is 0 Å². The third-order valence-electron chi connectivity index (χ3n) is 5.48. The van der Waals surface area contributed by atoms with Gasteiger partial charge in [0.1, 0.15) is 0 Å². The van der Waals surface area contributed by atoms with Crippen LogP contribution in [0, 0.1) is 0 Å². The monoisotopic (exact) mass is 455 g/mol. The van der Waals surface area contributed by atoms with Crippen LogP contribution in [0.25, 0.3) is 57.5 Å². The number of fused-ring (bicyclic) bond motifs is 8. The Morgan fingerprint density at radius 1 is 0.625 bits per heavy atom. The van der Waals surface area contributed by atoms with Crippen LogP contribution in [0.5, 0.6) is 0 Å². The molecule has 8 bridgehead atoms. The van der Waals surface area contributed by atoms with Crippen molar-refractivity contribution in [2.45, 2.75) is 0 Å². The molecule has 4 N–H and O–H groups in total. The van der Waals surface area contributed by atoms with Gasteiger partial charge < -0.3 is 0 Å². The standard InChI is InChI=1S/C26H18N5.Mn/c27-17-3-1-16(2-4-17)25-14-24-13-22-8-7-20(29-22)11-18-5-6-19(28-18)12-21-9-10-23(30-21)15-26(25)31-24;/h1-13,15,28,31H,27H2;. The summed E-state index contributed by atoms with van der Waals surface area (Å²) in [6.07, 6.45) is 8.08. The number of rotatable bonds is 1. The molecule has 0 aliphatic carbocycles. The van der Waals surface area contributed by atoms with Crippen molar-refractivity contribution in [3.8, 4) is 11.1 Å². The molecule has 0 unspecified atom stereocenters. The van der Waals surface area contributed by atoms with Crippen LogP contribution in [0.4, 0.5) is 5.69 Å². The second-order valence-electron chi connectivity index (χ2n) is 7.80. The Morgan fingerprint density at radius 3 is 1.75 bits per heavy atom. The van der Waals surface area contributed by atoms with Gasteiger partial charge in [-0.05, 0) is 0 Å². The molecule has 0 atom stereocenters. The molecule has 2 aliphatic rings. The predicted molar refractivity (Wildman–Crippen MR) is 128 cm³/mol. The molecule has 6 rings (SSSR count). The molecule has 6 heteroatoms. The number of nitrogens with one attached hydrogen (secondary N) is 2. The fraction of sp³-hybridized carbons (Fsp3) is 0. The summed E-state index contributed by atoms with van der Waals surface area (Å²) in [6, 6.07) is 20.2. The maximum atomic E-state index is 5.92. The van der Waals surface area contributed by atoms with Crippen LogP contribution in [0.1, 0.15) is 22.8 Å². The molecular formula is C26H18MnN5. The molecule has 5 nitrogen and oxygen atoms in total. The third-order valence-corrected chi connectivity index (χ3v) is 6.10. The summed E-state index contributed by atoms with van der Waals surface area (Å²) >= 11 is 3.82. The molecule has 0 saturated carbocycles. The Balaban J connectivity index is 1.70. The Bertz CT molecular complexity index is 1590. The summed E-state index contributed by atoms with van der Waals surface area (Å²) in [6.45, 7) is 0. The molecule has 5 heterocycles. The minimum absolute atomic E-state index is 0.734. The van der Waals surface area contributed by atoms with Crippen molar-refractivity contribution >= 4 is 56.5 Å². The predicted octanol–water partition coefficient (Wildman–Crippen LogP) is 5.08. The summed E-state index contributed by atoms with van der Waals surface area (Å²) in [5.41, 5.74) is 16.2. The number of aromatic nitrogens is 4. The van der Waals surface area contributed by atoms with E-state index in [0.29, 0.717) is 0 Å². The van der Waals surface area contributed by atoms with E-state index in [-0.39, 0.29) is 0 Å². The number of nitrogens with zero attached hydrogens (tertiary/aromatic N) is 2. The first-order chi connectivity index (χ1) is 15.6. The molecular weight excluding hydrogens is 437 g/mol. The van der Waals surface area contributed by atoms with E-state index in [1.54, 1.807) is 0 Å². The maximum absolute atomic E-state index is 5.92. The van der Waals surface area contributed by atoms with Crippen LogP contribution in [-0.4, -0.2) is 19.9 Å². The van der Waals surface area contributed by atoms with Crippen molar-refractivity contribution in [2.24, 2.45) is 0 Å². The first-order valence-electron chi connectivity index (χ1n) is 10.2. The summed E-state index contributed by atoms with van der Waals surface area (Å²) in [5, 5.41) is 0. The molecule has 2 aliphatic heterocycles. The van der Waals surface area contributed by atoms with Gasteiger partial charge in [0.15, 0.2) is 0 Å². The number of hydrogen-bond acceptors (Lipinski definition) is 3. The number of nitrogen functional groups attached to an aromatic ring is 1. The van der Waals surface area contributed by atoms with Crippen molar-refractivity contribution in [3.63, 3.8) is 0 Å². The van der Waals surface area contributed by atoms with E-state index < -0.39 is 0 Å². The first kappa shape index (κ1) is 18.9. The average Bonchev–Trinajstić information content (AvgIpc) is 3.55. The van der Waals surface area contributed by atoms with Gasteiger partial charge in [0.25, 0.3) is 0 Å². The molecule has 3 aromatic heterocycles. The van der Waals surface area contributed by atoms with E-state index in [1.807, 2.05) is 78.9 Å². The zero-order valence-corrected chi connectivity index (χ0v) is 18.1. The fourth-order valence-electron chi connectivity index (χ4n) is 3.98. The SMILES string of the molecule is Nc1ccc(-c2[c]([Mn])c3cc4nc(cc5ccc(cc6nc(cc2[nH]3)C=C6)[nH]5)C=C4)cc1. The molecule has 0 radical (unpaired) electrons. The van der Waals surface area contributed by atoms with E-state index in [4.69, 9.17) is 15.7 Å². The van der Waals surface area contributed by atoms with Crippen molar-refractivity contribution in [1.29, 1.82) is 0 Å². The summed E-state index contributed by atoms with van der Waals surface area (Å²) in [5.74, 6) is 0. The number of hydrogen-bond donors (Lipinski definition) is 3. The number of benzene rings is 1. The minimum atomic E-state index is 0.734. The Labute approximate surface area is 192 Å². The van der Waals surface area contributed by atoms with Crippen molar-refractivity contribution in [2.75, 3.05) is 5.73 Å². The molecule has 1 aromatic carbocycles. The van der Waals surface area contributed by atoms with Crippen LogP contribution < -0.4 is 10.2 Å². The van der Waals surface area contributed by atoms with E-state index in [9.17, 15) is 0 Å². The average molecular weight is 455 g/mol. The fourth-order valence-corrected chi connectivity index (χ4v) is 4.47. The van der Waals surface area contributed by atoms with Crippen LogP contribution in [0.2, 0.25) is 0 Å². The van der Waals surface area contributed by atoms with Gasteiger partial charge in [-0.15, -0.1) is 0 Å². The second kappa shape index (κ2) is 7.38. The first-order valence-corrected chi connectivity index (χ1v) is 10.8. The third kappa shape index (κ3) is 3.46. The van der Waals surface area contributed by atoms with Gasteiger partial charge in [0, 0.05) is 0 Å². The Morgan fingerprint density at radius 2 is 1.16 bits per heavy atom. The number of nitrogens with two attached hydrogens (primary N) is 1. The van der Waals surface area contributed by atoms with Crippen LogP contribution in [-0.2, 0) is 16.0 Å². The van der Waals surface area contributed by atoms with Crippen LogP contribution in [0.15, 0.2) is 60.7 Å². The van der Waals surface area contributed by atoms with Gasteiger partial charge in [0.05, 0.1) is 0 Å². The number of anilines is 1. The normalized spacial score (nSPS) is 12.4. The van der Waals surface area contributed by atoms with Gasteiger partial charge in [-0.3, -0.25) is 0 Å². The number of aromatic amines is 2. The molecule has 0 fully saturated rings. The molecule has 154 valence electrons. The second-order valence-corrected chi connectivity index (χ2v) is 8.39.